The van der Waals surface area contributed by atoms with E-state index in [2.05, 4.69) is 10.3 Å². The largest absolute Gasteiger partial charge is 0.495 e. The van der Waals surface area contributed by atoms with Gasteiger partial charge in [0.25, 0.3) is 0 Å². The summed E-state index contributed by atoms with van der Waals surface area (Å²) in [7, 11) is 1.55. The molecule has 0 aliphatic carbocycles. The normalized spacial score (nSPS) is 17.6. The smallest absolute Gasteiger partial charge is 0.471 e. The number of anilines is 2. The summed E-state index contributed by atoms with van der Waals surface area (Å²) >= 11 is 1.27. The van der Waals surface area contributed by atoms with Crippen LogP contribution in [-0.2, 0) is 4.79 Å². The number of hydrogen-bond acceptors (Lipinski definition) is 5. The number of amides is 1. The summed E-state index contributed by atoms with van der Waals surface area (Å²) in [6.07, 6.45) is -3.87. The molecule has 2 heterocycles. The van der Waals surface area contributed by atoms with Crippen molar-refractivity contribution in [2.24, 2.45) is 0 Å². The Kier molecular flexibility index (Phi) is 4.85. The third-order valence-corrected chi connectivity index (χ3v) is 4.74. The molecule has 5 nitrogen and oxygen atoms in total. The molecule has 0 saturated carbocycles. The molecule has 1 saturated heterocycles. The Morgan fingerprint density at radius 1 is 1.40 bits per heavy atom. The van der Waals surface area contributed by atoms with Crippen molar-refractivity contribution in [2.75, 3.05) is 19.0 Å². The number of halogens is 3. The van der Waals surface area contributed by atoms with Gasteiger partial charge in [-0.3, -0.25) is 4.79 Å². The monoisotopic (exact) mass is 371 g/mol. The van der Waals surface area contributed by atoms with Gasteiger partial charge < -0.3 is 15.0 Å². The van der Waals surface area contributed by atoms with Crippen molar-refractivity contribution in [3.05, 3.63) is 35.3 Å². The van der Waals surface area contributed by atoms with Gasteiger partial charge in [-0.15, -0.1) is 11.3 Å². The van der Waals surface area contributed by atoms with E-state index in [9.17, 15) is 18.0 Å². The number of nitrogens with one attached hydrogen (secondary N) is 1. The summed E-state index contributed by atoms with van der Waals surface area (Å²) in [5, 5.41) is 5.32. The maximum Gasteiger partial charge on any atom is 0.471 e. The topological polar surface area (TPSA) is 54.5 Å². The highest BCUT2D eigenvalue weighted by Crippen LogP contribution is 2.37. The second kappa shape index (κ2) is 6.91. The fraction of sp³-hybridized carbons (Fsp3) is 0.375. The predicted octanol–water partition coefficient (Wildman–Crippen LogP) is 4.12. The Labute approximate surface area is 146 Å². The zero-order valence-electron chi connectivity index (χ0n) is 13.3. The molecule has 0 unspecified atom stereocenters. The van der Waals surface area contributed by atoms with Crippen molar-refractivity contribution < 1.29 is 22.7 Å². The van der Waals surface area contributed by atoms with Crippen LogP contribution >= 0.6 is 11.3 Å². The molecule has 1 aromatic carbocycles. The van der Waals surface area contributed by atoms with Gasteiger partial charge in [-0.2, -0.15) is 13.2 Å². The van der Waals surface area contributed by atoms with Crippen molar-refractivity contribution >= 4 is 28.1 Å². The molecule has 1 fully saturated rings. The van der Waals surface area contributed by atoms with E-state index in [0.29, 0.717) is 35.1 Å². The van der Waals surface area contributed by atoms with Crippen molar-refractivity contribution in [3.63, 3.8) is 0 Å². The number of thiazole rings is 1. The van der Waals surface area contributed by atoms with E-state index < -0.39 is 18.1 Å². The molecule has 1 atom stereocenters. The summed E-state index contributed by atoms with van der Waals surface area (Å²) in [5.41, 5.74) is 1.18. The molecule has 1 aliphatic heterocycles. The van der Waals surface area contributed by atoms with E-state index in [1.165, 1.54) is 11.3 Å². The molecule has 0 bridgehead atoms. The first-order valence-electron chi connectivity index (χ1n) is 7.63. The van der Waals surface area contributed by atoms with E-state index in [-0.39, 0.29) is 6.54 Å². The lowest BCUT2D eigenvalue weighted by Crippen LogP contribution is -2.40. The number of methoxy groups -OCH3 is 1. The molecule has 1 N–H and O–H groups in total. The van der Waals surface area contributed by atoms with Crippen molar-refractivity contribution in [1.82, 2.24) is 9.88 Å². The quantitative estimate of drug-likeness (QED) is 0.878. The maximum atomic E-state index is 12.7. The Morgan fingerprint density at radius 3 is 2.88 bits per heavy atom. The Balaban J connectivity index is 1.78. The zero-order valence-corrected chi connectivity index (χ0v) is 14.2. The first kappa shape index (κ1) is 17.5. The highest BCUT2D eigenvalue weighted by atomic mass is 32.1. The summed E-state index contributed by atoms with van der Waals surface area (Å²) in [6, 6.07) is 6.63. The van der Waals surface area contributed by atoms with Gasteiger partial charge in [-0.25, -0.2) is 4.98 Å². The first-order valence-corrected chi connectivity index (χ1v) is 8.51. The highest BCUT2D eigenvalue weighted by Gasteiger charge is 2.46. The minimum absolute atomic E-state index is 0.0931. The van der Waals surface area contributed by atoms with Gasteiger partial charge in [0.15, 0.2) is 5.13 Å². The Morgan fingerprint density at radius 2 is 2.16 bits per heavy atom. The summed E-state index contributed by atoms with van der Waals surface area (Å²) in [6.45, 7) is 0.0931. The molecule has 0 radical (unpaired) electrons. The number of alkyl halides is 3. The molecular weight excluding hydrogens is 355 g/mol. The molecule has 134 valence electrons. The number of carbonyl (C=O) groups excluding carboxylic acids is 1. The minimum Gasteiger partial charge on any atom is -0.495 e. The van der Waals surface area contributed by atoms with Crippen LogP contribution in [0, 0.1) is 0 Å². The molecule has 9 heteroatoms. The van der Waals surface area contributed by atoms with Crippen LogP contribution in [0.25, 0.3) is 0 Å². The summed E-state index contributed by atoms with van der Waals surface area (Å²) in [4.78, 5) is 16.8. The number of hydrogen-bond donors (Lipinski definition) is 1. The molecule has 1 aliphatic rings. The number of carbonyl (C=O) groups is 1. The van der Waals surface area contributed by atoms with Gasteiger partial charge in [0.2, 0.25) is 0 Å². The number of aromatic nitrogens is 1. The lowest BCUT2D eigenvalue weighted by Gasteiger charge is -2.24. The lowest BCUT2D eigenvalue weighted by molar-refractivity contribution is -0.186. The SMILES string of the molecule is COc1ccccc1Nc1nc([C@@H]2CCCN2C(=O)C(F)(F)F)cs1. The third kappa shape index (κ3) is 3.71. The second-order valence-corrected chi connectivity index (χ2v) is 6.42. The molecule has 1 amide bonds. The number of ether oxygens (including phenoxy) is 1. The molecule has 3 rings (SSSR count). The number of rotatable bonds is 4. The number of para-hydroxylation sites is 2. The number of benzene rings is 1. The van der Waals surface area contributed by atoms with Crippen LogP contribution in [0.3, 0.4) is 0 Å². The van der Waals surface area contributed by atoms with Crippen molar-refractivity contribution in [3.8, 4) is 5.75 Å². The van der Waals surface area contributed by atoms with Gasteiger partial charge in [-0.05, 0) is 25.0 Å². The van der Waals surface area contributed by atoms with Gasteiger partial charge >= 0.3 is 12.1 Å². The summed E-state index contributed by atoms with van der Waals surface area (Å²) in [5.74, 6) is -1.17. The van der Waals surface area contributed by atoms with Crippen LogP contribution in [0.4, 0.5) is 24.0 Å². The first-order chi connectivity index (χ1) is 11.9. The maximum absolute atomic E-state index is 12.7. The average molecular weight is 371 g/mol. The van der Waals surface area contributed by atoms with Crippen LogP contribution < -0.4 is 10.1 Å². The highest BCUT2D eigenvalue weighted by molar-refractivity contribution is 7.13. The predicted molar refractivity (Wildman–Crippen MR) is 88.1 cm³/mol. The third-order valence-electron chi connectivity index (χ3n) is 3.97. The van der Waals surface area contributed by atoms with E-state index >= 15 is 0 Å². The zero-order chi connectivity index (χ0) is 18.0. The molecular formula is C16H16F3N3O2S. The molecule has 2 aromatic rings. The van der Waals surface area contributed by atoms with Gasteiger partial charge in [-0.1, -0.05) is 12.1 Å². The van der Waals surface area contributed by atoms with Crippen LogP contribution in [0.5, 0.6) is 5.75 Å². The van der Waals surface area contributed by atoms with Crippen LogP contribution in [0.15, 0.2) is 29.6 Å². The van der Waals surface area contributed by atoms with Gasteiger partial charge in [0, 0.05) is 11.9 Å². The van der Waals surface area contributed by atoms with Crippen molar-refractivity contribution in [1.29, 1.82) is 0 Å². The lowest BCUT2D eigenvalue weighted by atomic mass is 10.1. The fourth-order valence-electron chi connectivity index (χ4n) is 2.84. The molecule has 25 heavy (non-hydrogen) atoms. The van der Waals surface area contributed by atoms with Gasteiger partial charge in [0.1, 0.15) is 5.75 Å². The molecule has 1 aromatic heterocycles. The van der Waals surface area contributed by atoms with Crippen LogP contribution in [0.2, 0.25) is 0 Å². The number of likely N-dealkylation sites (tertiary alicyclic amines) is 1. The average Bonchev–Trinajstić information content (AvgIpc) is 3.22. The van der Waals surface area contributed by atoms with Crippen LogP contribution in [0.1, 0.15) is 24.6 Å². The van der Waals surface area contributed by atoms with Gasteiger partial charge in [0.05, 0.1) is 24.5 Å². The fourth-order valence-corrected chi connectivity index (χ4v) is 3.61. The Bertz CT molecular complexity index is 763. The standard InChI is InChI=1S/C16H16F3N3O2S/c1-24-13-7-3-2-5-10(13)20-15-21-11(9-25-15)12-6-4-8-22(12)14(23)16(17,18)19/h2-3,5,7,9,12H,4,6,8H2,1H3,(H,20,21)/t12-/m0/s1. The van der Waals surface area contributed by atoms with E-state index in [4.69, 9.17) is 4.74 Å². The second-order valence-electron chi connectivity index (χ2n) is 5.56. The Hall–Kier alpha value is -2.29. The van der Waals surface area contributed by atoms with E-state index in [1.807, 2.05) is 18.2 Å². The molecule has 0 spiro atoms. The minimum atomic E-state index is -4.86. The summed E-state index contributed by atoms with van der Waals surface area (Å²) < 4.78 is 43.4. The van der Waals surface area contributed by atoms with E-state index in [1.54, 1.807) is 18.6 Å². The van der Waals surface area contributed by atoms with Crippen molar-refractivity contribution in [2.45, 2.75) is 25.1 Å². The van der Waals surface area contributed by atoms with Crippen LogP contribution in [-0.4, -0.2) is 35.6 Å². The number of nitrogens with zero attached hydrogens (tertiary/aromatic N) is 2. The van der Waals surface area contributed by atoms with E-state index in [0.717, 1.165) is 4.90 Å².